The number of amides is 1. The molecular formula is C17H14N6O. The molecule has 1 amide bonds. The van der Waals surface area contributed by atoms with Gasteiger partial charge in [0.2, 0.25) is 0 Å². The van der Waals surface area contributed by atoms with Crippen LogP contribution in [-0.2, 0) is 0 Å². The fourth-order valence-corrected chi connectivity index (χ4v) is 2.60. The third-order valence-corrected chi connectivity index (χ3v) is 3.68. The molecule has 7 heteroatoms. The van der Waals surface area contributed by atoms with E-state index in [2.05, 4.69) is 15.5 Å². The van der Waals surface area contributed by atoms with Crippen molar-refractivity contribution in [3.63, 3.8) is 0 Å². The largest absolute Gasteiger partial charge is 0.382 e. The van der Waals surface area contributed by atoms with Gasteiger partial charge in [0.05, 0.1) is 17.4 Å². The molecular weight excluding hydrogens is 304 g/mol. The quantitative estimate of drug-likeness (QED) is 0.607. The van der Waals surface area contributed by atoms with Gasteiger partial charge in [0.15, 0.2) is 5.82 Å². The minimum absolute atomic E-state index is 0.185. The minimum Gasteiger partial charge on any atom is -0.382 e. The number of benzene rings is 1. The first-order chi connectivity index (χ1) is 11.7. The van der Waals surface area contributed by atoms with Gasteiger partial charge in [0, 0.05) is 12.3 Å². The summed E-state index contributed by atoms with van der Waals surface area (Å²) in [7, 11) is 0. The molecule has 24 heavy (non-hydrogen) atoms. The number of nitrogens with two attached hydrogens (primary N) is 1. The summed E-state index contributed by atoms with van der Waals surface area (Å²) < 4.78 is 3.23. The van der Waals surface area contributed by atoms with E-state index in [1.54, 1.807) is 33.7 Å². The number of anilines is 2. The molecule has 0 saturated heterocycles. The Hall–Kier alpha value is -3.61. The number of hydrogen-bond donors (Lipinski definition) is 2. The van der Waals surface area contributed by atoms with E-state index in [0.717, 1.165) is 5.69 Å². The zero-order valence-electron chi connectivity index (χ0n) is 12.6. The molecule has 0 unspecified atom stereocenters. The number of nitrogens with one attached hydrogen (secondary N) is 1. The van der Waals surface area contributed by atoms with Crippen LogP contribution in [0.3, 0.4) is 0 Å². The number of carbonyl (C=O) groups is 1. The maximum absolute atomic E-state index is 12.7. The van der Waals surface area contributed by atoms with E-state index in [1.165, 1.54) is 0 Å². The number of rotatable bonds is 3. The van der Waals surface area contributed by atoms with Crippen LogP contribution in [0.15, 0.2) is 67.0 Å². The zero-order chi connectivity index (χ0) is 16.5. The average molecular weight is 318 g/mol. The highest BCUT2D eigenvalue weighted by molar-refractivity contribution is 6.11. The maximum atomic E-state index is 12.7. The molecule has 4 aromatic rings. The Morgan fingerprint density at radius 1 is 1.04 bits per heavy atom. The third kappa shape index (κ3) is 2.28. The highest BCUT2D eigenvalue weighted by Gasteiger charge is 2.19. The van der Waals surface area contributed by atoms with Crippen molar-refractivity contribution in [1.29, 1.82) is 0 Å². The van der Waals surface area contributed by atoms with Gasteiger partial charge in [0.25, 0.3) is 5.91 Å². The summed E-state index contributed by atoms with van der Waals surface area (Å²) in [4.78, 5) is 12.7. The molecule has 3 N–H and O–H groups in total. The number of nitrogen functional groups attached to an aromatic ring is 1. The maximum Gasteiger partial charge on any atom is 0.262 e. The smallest absolute Gasteiger partial charge is 0.262 e. The molecule has 0 saturated carbocycles. The predicted molar refractivity (Wildman–Crippen MR) is 91.1 cm³/mol. The van der Waals surface area contributed by atoms with Gasteiger partial charge >= 0.3 is 0 Å². The lowest BCUT2D eigenvalue weighted by Crippen LogP contribution is -2.16. The van der Waals surface area contributed by atoms with E-state index in [4.69, 9.17) is 5.73 Å². The second kappa shape index (κ2) is 5.54. The fourth-order valence-electron chi connectivity index (χ4n) is 2.60. The van der Waals surface area contributed by atoms with Crippen molar-refractivity contribution in [1.82, 2.24) is 19.4 Å². The lowest BCUT2D eigenvalue weighted by molar-refractivity contribution is 0.102. The molecule has 3 aromatic heterocycles. The van der Waals surface area contributed by atoms with Gasteiger partial charge in [-0.3, -0.25) is 4.79 Å². The van der Waals surface area contributed by atoms with E-state index in [9.17, 15) is 4.79 Å². The number of pyridine rings is 1. The van der Waals surface area contributed by atoms with Gasteiger partial charge in [-0.05, 0) is 24.3 Å². The summed E-state index contributed by atoms with van der Waals surface area (Å²) >= 11 is 0. The van der Waals surface area contributed by atoms with E-state index in [0.29, 0.717) is 16.9 Å². The highest BCUT2D eigenvalue weighted by Crippen LogP contribution is 2.20. The zero-order valence-corrected chi connectivity index (χ0v) is 12.6. The number of hydrogen-bond acceptors (Lipinski definition) is 4. The lowest BCUT2D eigenvalue weighted by Gasteiger charge is -2.08. The van der Waals surface area contributed by atoms with Crippen LogP contribution in [0.1, 0.15) is 10.4 Å². The van der Waals surface area contributed by atoms with Gasteiger partial charge < -0.3 is 11.1 Å². The number of aromatic nitrogens is 4. The van der Waals surface area contributed by atoms with Gasteiger partial charge in [-0.15, -0.1) is 5.10 Å². The molecule has 0 spiro atoms. The molecule has 4 rings (SSSR count). The Morgan fingerprint density at radius 3 is 2.67 bits per heavy atom. The lowest BCUT2D eigenvalue weighted by atomic mass is 10.2. The molecule has 0 aliphatic rings. The van der Waals surface area contributed by atoms with Crippen LogP contribution in [0.5, 0.6) is 0 Å². The van der Waals surface area contributed by atoms with Crippen LogP contribution in [0.25, 0.3) is 11.2 Å². The fraction of sp³-hybridized carbons (Fsp3) is 0. The second-order valence-corrected chi connectivity index (χ2v) is 5.21. The second-order valence-electron chi connectivity index (χ2n) is 5.21. The molecule has 3 heterocycles. The van der Waals surface area contributed by atoms with Gasteiger partial charge in [-0.25, -0.2) is 9.20 Å². The van der Waals surface area contributed by atoms with Crippen LogP contribution >= 0.6 is 0 Å². The predicted octanol–water partition coefficient (Wildman–Crippen LogP) is 2.35. The average Bonchev–Trinajstić information content (AvgIpc) is 3.18. The molecule has 0 fully saturated rings. The summed E-state index contributed by atoms with van der Waals surface area (Å²) in [6.07, 6.45) is 3.37. The minimum atomic E-state index is -0.327. The SMILES string of the molecule is Nc1nn2ccccc2c1C(=O)Nc1ccnn1-c1ccccc1. The van der Waals surface area contributed by atoms with Gasteiger partial charge in [-0.2, -0.15) is 5.10 Å². The summed E-state index contributed by atoms with van der Waals surface area (Å²) in [5.41, 5.74) is 7.76. The van der Waals surface area contributed by atoms with E-state index in [1.807, 2.05) is 42.5 Å². The summed E-state index contributed by atoms with van der Waals surface area (Å²) in [6.45, 7) is 0. The summed E-state index contributed by atoms with van der Waals surface area (Å²) in [5.74, 6) is 0.414. The van der Waals surface area contributed by atoms with E-state index >= 15 is 0 Å². The first-order valence-corrected chi connectivity index (χ1v) is 7.37. The molecule has 0 atom stereocenters. The van der Waals surface area contributed by atoms with Crippen molar-refractivity contribution in [3.8, 4) is 5.69 Å². The monoisotopic (exact) mass is 318 g/mol. The van der Waals surface area contributed by atoms with Crippen molar-refractivity contribution in [2.75, 3.05) is 11.1 Å². The van der Waals surface area contributed by atoms with Crippen molar-refractivity contribution in [2.45, 2.75) is 0 Å². The van der Waals surface area contributed by atoms with E-state index < -0.39 is 0 Å². The molecule has 7 nitrogen and oxygen atoms in total. The first kappa shape index (κ1) is 14.0. The van der Waals surface area contributed by atoms with Gasteiger partial charge in [-0.1, -0.05) is 24.3 Å². The Labute approximate surface area is 137 Å². The Balaban J connectivity index is 1.70. The number of fused-ring (bicyclic) bond motifs is 1. The topological polar surface area (TPSA) is 90.2 Å². The first-order valence-electron chi connectivity index (χ1n) is 7.37. The molecule has 0 aliphatic carbocycles. The van der Waals surface area contributed by atoms with Crippen molar-refractivity contribution in [3.05, 3.63) is 72.6 Å². The normalized spacial score (nSPS) is 10.8. The molecule has 118 valence electrons. The molecule has 0 radical (unpaired) electrons. The van der Waals surface area contributed by atoms with Crippen LogP contribution in [0.2, 0.25) is 0 Å². The molecule has 0 aliphatic heterocycles. The van der Waals surface area contributed by atoms with Crippen LogP contribution in [0.4, 0.5) is 11.6 Å². The Bertz CT molecular complexity index is 1020. The Kier molecular flexibility index (Phi) is 3.24. The number of para-hydroxylation sites is 1. The Morgan fingerprint density at radius 2 is 1.83 bits per heavy atom. The number of carbonyl (C=O) groups excluding carboxylic acids is 1. The van der Waals surface area contributed by atoms with Crippen LogP contribution in [0, 0.1) is 0 Å². The van der Waals surface area contributed by atoms with Crippen molar-refractivity contribution < 1.29 is 4.79 Å². The molecule has 0 bridgehead atoms. The third-order valence-electron chi connectivity index (χ3n) is 3.68. The van der Waals surface area contributed by atoms with Crippen LogP contribution < -0.4 is 11.1 Å². The van der Waals surface area contributed by atoms with E-state index in [-0.39, 0.29) is 11.7 Å². The standard InChI is InChI=1S/C17H14N6O/c18-16-15(13-8-4-5-11-22(13)21-16)17(24)20-14-9-10-19-23(14)12-6-2-1-3-7-12/h1-11H,(H2,18,21)(H,20,24). The molecule has 1 aromatic carbocycles. The van der Waals surface area contributed by atoms with Crippen molar-refractivity contribution >= 4 is 23.1 Å². The highest BCUT2D eigenvalue weighted by atomic mass is 16.1. The van der Waals surface area contributed by atoms with Gasteiger partial charge in [0.1, 0.15) is 11.4 Å². The summed E-state index contributed by atoms with van der Waals surface area (Å²) in [6, 6.07) is 16.7. The number of nitrogens with zero attached hydrogens (tertiary/aromatic N) is 4. The summed E-state index contributed by atoms with van der Waals surface area (Å²) in [5, 5.41) is 11.3. The van der Waals surface area contributed by atoms with Crippen LogP contribution in [-0.4, -0.2) is 25.3 Å². The van der Waals surface area contributed by atoms with Crippen molar-refractivity contribution in [2.24, 2.45) is 0 Å².